The lowest BCUT2D eigenvalue weighted by Gasteiger charge is -2.19. The van der Waals surface area contributed by atoms with Crippen LogP contribution in [0.15, 0.2) is 66.7 Å². The van der Waals surface area contributed by atoms with E-state index in [4.69, 9.17) is 27.9 Å². The highest BCUT2D eigenvalue weighted by atomic mass is 35.5. The smallest absolute Gasteiger partial charge is 0.259 e. The van der Waals surface area contributed by atoms with E-state index in [0.717, 1.165) is 22.4 Å². The molecule has 0 fully saturated rings. The van der Waals surface area contributed by atoms with Crippen molar-refractivity contribution in [2.45, 2.75) is 20.5 Å². The third-order valence-electron chi connectivity index (χ3n) is 5.08. The predicted octanol–water partition coefficient (Wildman–Crippen LogP) is 7.12. The van der Waals surface area contributed by atoms with Gasteiger partial charge in [0.2, 0.25) is 0 Å². The fourth-order valence-corrected chi connectivity index (χ4v) is 3.99. The van der Waals surface area contributed by atoms with Crippen molar-refractivity contribution in [2.75, 3.05) is 11.4 Å². The van der Waals surface area contributed by atoms with E-state index in [0.29, 0.717) is 40.4 Å². The van der Waals surface area contributed by atoms with E-state index in [1.54, 1.807) is 0 Å². The number of para-hydroxylation sites is 1. The van der Waals surface area contributed by atoms with E-state index < -0.39 is 0 Å². The van der Waals surface area contributed by atoms with E-state index in [1.807, 2.05) is 77.7 Å². The Morgan fingerprint density at radius 3 is 2.45 bits per heavy atom. The number of fused-ring (bicyclic) bond motifs is 1. The minimum absolute atomic E-state index is 0.0223. The van der Waals surface area contributed by atoms with Crippen LogP contribution >= 0.6 is 23.2 Å². The lowest BCUT2D eigenvalue weighted by atomic mass is 10.0. The highest BCUT2D eigenvalue weighted by molar-refractivity contribution is 6.36. The van der Waals surface area contributed by atoms with Gasteiger partial charge in [0, 0.05) is 22.7 Å². The molecule has 3 aromatic rings. The summed E-state index contributed by atoms with van der Waals surface area (Å²) in [4.78, 5) is 15.0. The van der Waals surface area contributed by atoms with E-state index in [2.05, 4.69) is 13.8 Å². The third kappa shape index (κ3) is 4.79. The topological polar surface area (TPSA) is 29.5 Å². The van der Waals surface area contributed by atoms with Gasteiger partial charge in [0.25, 0.3) is 5.91 Å². The Hall–Kier alpha value is -2.75. The van der Waals surface area contributed by atoms with Crippen molar-refractivity contribution >= 4 is 46.4 Å². The Bertz CT molecular complexity index is 1140. The van der Waals surface area contributed by atoms with Gasteiger partial charge < -0.3 is 9.64 Å². The molecule has 158 valence electrons. The monoisotopic (exact) mass is 451 g/mol. The SMILES string of the molecule is CC(C)CN1C(=O)/C(=C\c2ccc(OCc3ccc(Cl)cc3)c(Cl)c2)c2ccccc21. The zero-order chi connectivity index (χ0) is 22.0. The van der Waals surface area contributed by atoms with Crippen molar-refractivity contribution in [1.82, 2.24) is 0 Å². The molecule has 0 N–H and O–H groups in total. The Morgan fingerprint density at radius 1 is 1.00 bits per heavy atom. The third-order valence-corrected chi connectivity index (χ3v) is 5.63. The molecule has 0 spiro atoms. The average molecular weight is 452 g/mol. The molecule has 0 aliphatic carbocycles. The number of nitrogens with zero attached hydrogens (tertiary/aromatic N) is 1. The number of carbonyl (C=O) groups excluding carboxylic acids is 1. The van der Waals surface area contributed by atoms with Gasteiger partial charge in [-0.3, -0.25) is 4.79 Å². The normalized spacial score (nSPS) is 14.4. The second kappa shape index (κ2) is 9.17. The molecule has 1 aliphatic heterocycles. The number of ether oxygens (including phenoxy) is 1. The van der Waals surface area contributed by atoms with Crippen LogP contribution in [0.1, 0.15) is 30.5 Å². The number of halogens is 2. The first kappa shape index (κ1) is 21.5. The molecule has 0 saturated heterocycles. The molecular weight excluding hydrogens is 429 g/mol. The van der Waals surface area contributed by atoms with Gasteiger partial charge in [-0.25, -0.2) is 0 Å². The number of amides is 1. The van der Waals surface area contributed by atoms with Crippen LogP contribution in [0.2, 0.25) is 10.0 Å². The standard InChI is InChI=1S/C26H23Cl2NO2/c1-17(2)15-29-24-6-4-3-5-21(24)22(26(29)30)13-19-9-12-25(23(28)14-19)31-16-18-7-10-20(27)11-8-18/h3-14,17H,15-16H2,1-2H3/b22-13-. The number of rotatable bonds is 6. The van der Waals surface area contributed by atoms with Crippen LogP contribution in [0.5, 0.6) is 5.75 Å². The largest absolute Gasteiger partial charge is 0.487 e. The summed E-state index contributed by atoms with van der Waals surface area (Å²) in [5.74, 6) is 0.996. The fourth-order valence-electron chi connectivity index (χ4n) is 3.62. The van der Waals surface area contributed by atoms with Crippen LogP contribution in [0.3, 0.4) is 0 Å². The molecule has 0 aromatic heterocycles. The van der Waals surface area contributed by atoms with Gasteiger partial charge in [0.1, 0.15) is 12.4 Å². The average Bonchev–Trinajstić information content (AvgIpc) is 3.00. The van der Waals surface area contributed by atoms with Crippen molar-refractivity contribution in [3.05, 3.63) is 93.5 Å². The number of hydrogen-bond donors (Lipinski definition) is 0. The van der Waals surface area contributed by atoms with E-state index in [9.17, 15) is 4.79 Å². The quantitative estimate of drug-likeness (QED) is 0.373. The van der Waals surface area contributed by atoms with Gasteiger partial charge in [-0.2, -0.15) is 0 Å². The summed E-state index contributed by atoms with van der Waals surface area (Å²) in [6.45, 7) is 5.30. The van der Waals surface area contributed by atoms with Gasteiger partial charge in [-0.15, -0.1) is 0 Å². The molecule has 0 unspecified atom stereocenters. The maximum absolute atomic E-state index is 13.1. The summed E-state index contributed by atoms with van der Waals surface area (Å²) < 4.78 is 5.85. The van der Waals surface area contributed by atoms with Gasteiger partial charge in [-0.05, 0) is 53.5 Å². The van der Waals surface area contributed by atoms with E-state index in [1.165, 1.54) is 0 Å². The molecule has 1 amide bonds. The predicted molar refractivity (Wildman–Crippen MR) is 129 cm³/mol. The molecule has 3 nitrogen and oxygen atoms in total. The maximum atomic E-state index is 13.1. The second-order valence-electron chi connectivity index (χ2n) is 7.99. The highest BCUT2D eigenvalue weighted by Crippen LogP contribution is 2.38. The first-order valence-corrected chi connectivity index (χ1v) is 11.0. The Morgan fingerprint density at radius 2 is 1.74 bits per heavy atom. The second-order valence-corrected chi connectivity index (χ2v) is 8.83. The van der Waals surface area contributed by atoms with Crippen molar-refractivity contribution in [3.8, 4) is 5.75 Å². The summed E-state index contributed by atoms with van der Waals surface area (Å²) in [5, 5.41) is 1.19. The number of benzene rings is 3. The van der Waals surface area contributed by atoms with Crippen LogP contribution in [0.4, 0.5) is 5.69 Å². The minimum Gasteiger partial charge on any atom is -0.487 e. The van der Waals surface area contributed by atoms with E-state index >= 15 is 0 Å². The van der Waals surface area contributed by atoms with Crippen LogP contribution in [0, 0.1) is 5.92 Å². The molecule has 0 radical (unpaired) electrons. The molecular formula is C26H23Cl2NO2. The molecule has 0 saturated carbocycles. The first-order valence-electron chi connectivity index (χ1n) is 10.2. The van der Waals surface area contributed by atoms with Crippen LogP contribution in [-0.2, 0) is 11.4 Å². The molecule has 31 heavy (non-hydrogen) atoms. The fraction of sp³-hybridized carbons (Fsp3) is 0.192. The van der Waals surface area contributed by atoms with E-state index in [-0.39, 0.29) is 5.91 Å². The summed E-state index contributed by atoms with van der Waals surface area (Å²) in [7, 11) is 0. The van der Waals surface area contributed by atoms with Crippen molar-refractivity contribution in [1.29, 1.82) is 0 Å². The number of anilines is 1. The molecule has 0 atom stereocenters. The summed E-state index contributed by atoms with van der Waals surface area (Å²) >= 11 is 12.4. The van der Waals surface area contributed by atoms with Crippen LogP contribution in [0.25, 0.3) is 11.6 Å². The summed E-state index contributed by atoms with van der Waals surface area (Å²) in [5.41, 5.74) is 4.45. The molecule has 0 bridgehead atoms. The molecule has 4 rings (SSSR count). The molecule has 1 aliphatic rings. The molecule has 1 heterocycles. The van der Waals surface area contributed by atoms with Gasteiger partial charge >= 0.3 is 0 Å². The van der Waals surface area contributed by atoms with Gasteiger partial charge in [0.05, 0.1) is 10.7 Å². The first-order chi connectivity index (χ1) is 14.9. The zero-order valence-electron chi connectivity index (χ0n) is 17.4. The summed E-state index contributed by atoms with van der Waals surface area (Å²) in [6, 6.07) is 21.0. The maximum Gasteiger partial charge on any atom is 0.259 e. The molecule has 5 heteroatoms. The lowest BCUT2D eigenvalue weighted by Crippen LogP contribution is -2.30. The number of carbonyl (C=O) groups is 1. The molecule has 3 aromatic carbocycles. The summed E-state index contributed by atoms with van der Waals surface area (Å²) in [6.07, 6.45) is 1.90. The Kier molecular flexibility index (Phi) is 6.35. The minimum atomic E-state index is 0.0223. The number of hydrogen-bond acceptors (Lipinski definition) is 2. The highest BCUT2D eigenvalue weighted by Gasteiger charge is 2.32. The van der Waals surface area contributed by atoms with Gasteiger partial charge in [-0.1, -0.05) is 73.4 Å². The van der Waals surface area contributed by atoms with Crippen molar-refractivity contribution in [2.24, 2.45) is 5.92 Å². The van der Waals surface area contributed by atoms with Crippen molar-refractivity contribution in [3.63, 3.8) is 0 Å². The van der Waals surface area contributed by atoms with Gasteiger partial charge in [0.15, 0.2) is 0 Å². The van der Waals surface area contributed by atoms with Crippen molar-refractivity contribution < 1.29 is 9.53 Å². The zero-order valence-corrected chi connectivity index (χ0v) is 19.0. The van der Waals surface area contributed by atoms with Crippen LogP contribution in [-0.4, -0.2) is 12.5 Å². The van der Waals surface area contributed by atoms with Crippen LogP contribution < -0.4 is 9.64 Å². The Labute approximate surface area is 192 Å². The Balaban J connectivity index is 1.56. The lowest BCUT2D eigenvalue weighted by molar-refractivity contribution is -0.113.